The zero-order chi connectivity index (χ0) is 20.1. The molecule has 8 heteroatoms. The van der Waals surface area contributed by atoms with E-state index in [4.69, 9.17) is 4.42 Å². The minimum atomic E-state index is -0.847. The van der Waals surface area contributed by atoms with Crippen LogP contribution in [0.4, 0.5) is 0 Å². The third-order valence-corrected chi connectivity index (χ3v) is 4.42. The summed E-state index contributed by atoms with van der Waals surface area (Å²) in [6, 6.07) is 11.9. The van der Waals surface area contributed by atoms with Crippen LogP contribution in [0.2, 0.25) is 0 Å². The molecule has 0 aliphatic heterocycles. The number of hydrogen-bond acceptors (Lipinski definition) is 6. The van der Waals surface area contributed by atoms with E-state index in [1.165, 1.54) is 11.2 Å². The largest absolute Gasteiger partial charge is 0.467 e. The van der Waals surface area contributed by atoms with Crippen LogP contribution in [-0.2, 0) is 11.3 Å². The predicted molar refractivity (Wildman–Crippen MR) is 106 cm³/mol. The van der Waals surface area contributed by atoms with Gasteiger partial charge in [-0.1, -0.05) is 34.8 Å². The highest BCUT2D eigenvalue weighted by Crippen LogP contribution is 2.26. The first-order valence-corrected chi connectivity index (χ1v) is 9.66. The third kappa shape index (κ3) is 4.83. The molecule has 3 rings (SSSR count). The number of furan rings is 1. The van der Waals surface area contributed by atoms with Crippen molar-refractivity contribution in [2.75, 3.05) is 0 Å². The molecule has 28 heavy (non-hydrogen) atoms. The van der Waals surface area contributed by atoms with Gasteiger partial charge in [-0.3, -0.25) is 9.59 Å². The highest BCUT2D eigenvalue weighted by molar-refractivity contribution is 7.03. The van der Waals surface area contributed by atoms with E-state index in [2.05, 4.69) is 14.9 Å². The predicted octanol–water partition coefficient (Wildman–Crippen LogP) is 3.43. The Kier molecular flexibility index (Phi) is 5.89. The molecule has 0 aliphatic rings. The zero-order valence-corrected chi connectivity index (χ0v) is 16.8. The monoisotopic (exact) mass is 398 g/mol. The number of benzene rings is 1. The molecular formula is C20H22N4O3S. The lowest BCUT2D eigenvalue weighted by Gasteiger charge is -2.32. The fourth-order valence-corrected chi connectivity index (χ4v) is 3.23. The van der Waals surface area contributed by atoms with Gasteiger partial charge < -0.3 is 14.6 Å². The highest BCUT2D eigenvalue weighted by Gasteiger charge is 2.35. The molecule has 1 N–H and O–H groups in total. The van der Waals surface area contributed by atoms with E-state index >= 15 is 0 Å². The summed E-state index contributed by atoms with van der Waals surface area (Å²) in [5.74, 6) is -0.0918. The number of amides is 2. The van der Waals surface area contributed by atoms with E-state index in [1.807, 2.05) is 51.1 Å². The van der Waals surface area contributed by atoms with Crippen molar-refractivity contribution in [1.29, 1.82) is 0 Å². The lowest BCUT2D eigenvalue weighted by Crippen LogP contribution is -2.49. The lowest BCUT2D eigenvalue weighted by atomic mass is 10.0. The van der Waals surface area contributed by atoms with Crippen molar-refractivity contribution in [3.63, 3.8) is 0 Å². The van der Waals surface area contributed by atoms with Crippen LogP contribution in [-0.4, -0.2) is 31.8 Å². The number of rotatable bonds is 6. The molecule has 0 saturated carbocycles. The Morgan fingerprint density at radius 3 is 2.50 bits per heavy atom. The molecule has 2 heterocycles. The van der Waals surface area contributed by atoms with Gasteiger partial charge in [0.15, 0.2) is 5.69 Å². The molecule has 0 bridgehead atoms. The average molecular weight is 398 g/mol. The number of carbonyl (C=O) groups is 2. The minimum Gasteiger partial charge on any atom is -0.467 e. The van der Waals surface area contributed by atoms with E-state index in [0.29, 0.717) is 11.3 Å². The maximum atomic E-state index is 13.2. The molecule has 3 aromatic rings. The number of nitrogens with zero attached hydrogens (tertiary/aromatic N) is 3. The van der Waals surface area contributed by atoms with Crippen molar-refractivity contribution in [2.45, 2.75) is 38.9 Å². The van der Waals surface area contributed by atoms with Crippen molar-refractivity contribution >= 4 is 23.3 Å². The topological polar surface area (TPSA) is 88.3 Å². The fraction of sp³-hybridized carbons (Fsp3) is 0.300. The van der Waals surface area contributed by atoms with E-state index < -0.39 is 11.6 Å². The van der Waals surface area contributed by atoms with Crippen LogP contribution in [0.3, 0.4) is 0 Å². The van der Waals surface area contributed by atoms with E-state index in [-0.39, 0.29) is 24.1 Å². The second-order valence-corrected chi connectivity index (χ2v) is 7.96. The normalized spacial score (nSPS) is 12.4. The van der Waals surface area contributed by atoms with Crippen LogP contribution in [0.5, 0.6) is 0 Å². The van der Waals surface area contributed by atoms with Gasteiger partial charge in [-0.2, -0.15) is 0 Å². The van der Waals surface area contributed by atoms with Crippen LogP contribution in [0.1, 0.15) is 48.6 Å². The second-order valence-electron chi connectivity index (χ2n) is 7.36. The zero-order valence-electron chi connectivity index (χ0n) is 16.0. The summed E-state index contributed by atoms with van der Waals surface area (Å²) in [5.41, 5.74) is 0.444. The van der Waals surface area contributed by atoms with Gasteiger partial charge in [0, 0.05) is 10.9 Å². The number of hydrogen-bond donors (Lipinski definition) is 1. The standard InChI is InChI=1S/C20H22N4O3S/c1-20(2,3)21-18(25)17(14-8-5-4-6-9-14)24(12-15-10-7-11-27-15)19(26)16-13-28-23-22-16/h4-11,13,17H,12H2,1-3H3,(H,21,25)/t17-/m0/s1. The minimum absolute atomic E-state index is 0.125. The molecule has 146 valence electrons. The van der Waals surface area contributed by atoms with Gasteiger partial charge in [-0.25, -0.2) is 0 Å². The summed E-state index contributed by atoms with van der Waals surface area (Å²) in [6.45, 7) is 5.82. The van der Waals surface area contributed by atoms with Gasteiger partial charge in [-0.15, -0.1) is 5.10 Å². The molecule has 0 spiro atoms. The van der Waals surface area contributed by atoms with Crippen LogP contribution >= 0.6 is 11.5 Å². The van der Waals surface area contributed by atoms with Crippen molar-refractivity contribution < 1.29 is 14.0 Å². The molecule has 2 aromatic heterocycles. The van der Waals surface area contributed by atoms with Crippen LogP contribution < -0.4 is 5.32 Å². The Labute approximate surface area is 167 Å². The first-order valence-electron chi connectivity index (χ1n) is 8.82. The van der Waals surface area contributed by atoms with Crippen LogP contribution in [0, 0.1) is 0 Å². The number of aromatic nitrogens is 2. The Bertz CT molecular complexity index is 903. The van der Waals surface area contributed by atoms with Gasteiger partial charge in [-0.05, 0) is 50.0 Å². The molecule has 7 nitrogen and oxygen atoms in total. The highest BCUT2D eigenvalue weighted by atomic mass is 32.1. The quantitative estimate of drug-likeness (QED) is 0.687. The molecule has 0 radical (unpaired) electrons. The van der Waals surface area contributed by atoms with Crippen molar-refractivity contribution in [2.24, 2.45) is 0 Å². The Morgan fingerprint density at radius 2 is 1.93 bits per heavy atom. The lowest BCUT2D eigenvalue weighted by molar-refractivity contribution is -0.127. The van der Waals surface area contributed by atoms with Gasteiger partial charge in [0.25, 0.3) is 5.91 Å². The molecular weight excluding hydrogens is 376 g/mol. The summed E-state index contributed by atoms with van der Waals surface area (Å²) < 4.78 is 9.22. The first-order chi connectivity index (χ1) is 13.3. The van der Waals surface area contributed by atoms with Gasteiger partial charge in [0.2, 0.25) is 5.91 Å². The van der Waals surface area contributed by atoms with Crippen LogP contribution in [0.25, 0.3) is 0 Å². The third-order valence-electron chi connectivity index (χ3n) is 3.92. The number of nitrogens with one attached hydrogen (secondary N) is 1. The summed E-state index contributed by atoms with van der Waals surface area (Å²) in [6.07, 6.45) is 1.54. The Hall–Kier alpha value is -3.00. The maximum Gasteiger partial charge on any atom is 0.276 e. The number of carbonyl (C=O) groups excluding carboxylic acids is 2. The SMILES string of the molecule is CC(C)(C)NC(=O)[C@H](c1ccccc1)N(Cc1ccco1)C(=O)c1csnn1. The molecule has 1 aromatic carbocycles. The molecule has 0 saturated heterocycles. The summed E-state index contributed by atoms with van der Waals surface area (Å²) >= 11 is 1.09. The molecule has 2 amide bonds. The average Bonchev–Trinajstić information content (AvgIpc) is 3.34. The van der Waals surface area contributed by atoms with Crippen molar-refractivity contribution in [3.8, 4) is 0 Å². The maximum absolute atomic E-state index is 13.2. The van der Waals surface area contributed by atoms with Crippen molar-refractivity contribution in [3.05, 3.63) is 71.1 Å². The van der Waals surface area contributed by atoms with E-state index in [1.54, 1.807) is 17.5 Å². The molecule has 0 fully saturated rings. The molecule has 0 unspecified atom stereocenters. The summed E-state index contributed by atoms with van der Waals surface area (Å²) in [5, 5.41) is 8.44. The first kappa shape index (κ1) is 19.8. The van der Waals surface area contributed by atoms with Gasteiger partial charge in [0.05, 0.1) is 12.8 Å². The summed E-state index contributed by atoms with van der Waals surface area (Å²) in [4.78, 5) is 27.9. The van der Waals surface area contributed by atoms with Gasteiger partial charge in [0.1, 0.15) is 11.8 Å². The van der Waals surface area contributed by atoms with E-state index in [0.717, 1.165) is 11.5 Å². The Morgan fingerprint density at radius 1 is 1.18 bits per heavy atom. The fourth-order valence-electron chi connectivity index (χ4n) is 2.80. The van der Waals surface area contributed by atoms with Gasteiger partial charge >= 0.3 is 0 Å². The summed E-state index contributed by atoms with van der Waals surface area (Å²) in [7, 11) is 0. The molecule has 0 aliphatic carbocycles. The van der Waals surface area contributed by atoms with E-state index in [9.17, 15) is 9.59 Å². The van der Waals surface area contributed by atoms with Crippen LogP contribution in [0.15, 0.2) is 58.5 Å². The Balaban J connectivity index is 2.04. The van der Waals surface area contributed by atoms with Crippen molar-refractivity contribution in [1.82, 2.24) is 19.8 Å². The molecule has 1 atom stereocenters. The second kappa shape index (κ2) is 8.35. The smallest absolute Gasteiger partial charge is 0.276 e.